The molecule has 0 radical (unpaired) electrons. The first-order chi connectivity index (χ1) is 14.8. The quantitative estimate of drug-likeness (QED) is 0.244. The lowest BCUT2D eigenvalue weighted by molar-refractivity contribution is 0.356. The maximum absolute atomic E-state index is 13.4. The fourth-order valence-corrected chi connectivity index (χ4v) is 5.45. The number of rotatable bonds is 10. The van der Waals surface area contributed by atoms with Crippen LogP contribution < -0.4 is 0 Å². The van der Waals surface area contributed by atoms with Crippen molar-refractivity contribution in [3.8, 4) is 0 Å². The Kier molecular flexibility index (Phi) is 10.7. The Hall–Kier alpha value is -1.72. The summed E-state index contributed by atoms with van der Waals surface area (Å²) in [5.74, 6) is 1.59. The predicted octanol–water partition coefficient (Wildman–Crippen LogP) is 6.23. The van der Waals surface area contributed by atoms with E-state index < -0.39 is 11.0 Å². The van der Waals surface area contributed by atoms with Gasteiger partial charge in [-0.25, -0.2) is 13.5 Å². The van der Waals surface area contributed by atoms with E-state index >= 15 is 0 Å². The van der Waals surface area contributed by atoms with Gasteiger partial charge in [-0.2, -0.15) is 0 Å². The van der Waals surface area contributed by atoms with Crippen LogP contribution in [-0.2, 0) is 18.0 Å². The first-order valence-corrected chi connectivity index (χ1v) is 12.7. The highest BCUT2D eigenvalue weighted by atomic mass is 32.2. The molecule has 0 saturated heterocycles. The molecule has 1 saturated carbocycles. The van der Waals surface area contributed by atoms with Gasteiger partial charge in [-0.05, 0) is 50.9 Å². The lowest BCUT2D eigenvalue weighted by Gasteiger charge is -2.29. The first kappa shape index (κ1) is 25.5. The Morgan fingerprint density at radius 2 is 2.10 bits per heavy atom. The molecule has 4 nitrogen and oxygen atoms in total. The molecule has 0 amide bonds. The zero-order chi connectivity index (χ0) is 22.8. The molecule has 1 aromatic heterocycles. The van der Waals surface area contributed by atoms with Crippen molar-refractivity contribution >= 4 is 11.0 Å². The van der Waals surface area contributed by atoms with Gasteiger partial charge in [0.15, 0.2) is 5.03 Å². The highest BCUT2D eigenvalue weighted by Crippen LogP contribution is 2.36. The lowest BCUT2D eigenvalue weighted by atomic mass is 9.84. The van der Waals surface area contributed by atoms with Gasteiger partial charge < -0.3 is 4.57 Å². The molecule has 1 aromatic rings. The van der Waals surface area contributed by atoms with E-state index in [0.717, 1.165) is 32.4 Å². The minimum atomic E-state index is -1.25. The van der Waals surface area contributed by atoms with Crippen molar-refractivity contribution in [3.05, 3.63) is 60.6 Å². The van der Waals surface area contributed by atoms with Crippen molar-refractivity contribution in [1.29, 1.82) is 0 Å². The molecule has 0 aromatic carbocycles. The number of imidazole rings is 1. The number of hydrogen-bond donors (Lipinski definition) is 0. The van der Waals surface area contributed by atoms with Gasteiger partial charge in [-0.15, -0.1) is 0 Å². The fraction of sp³-hybridized carbons (Fsp3) is 0.577. The Labute approximate surface area is 192 Å². The Morgan fingerprint density at radius 3 is 2.77 bits per heavy atom. The topological polar surface area (TPSA) is 38.1 Å². The molecule has 5 heteroatoms. The van der Waals surface area contributed by atoms with Crippen LogP contribution in [0.1, 0.15) is 59.8 Å². The molecule has 0 spiro atoms. The van der Waals surface area contributed by atoms with Gasteiger partial charge >= 0.3 is 0 Å². The summed E-state index contributed by atoms with van der Waals surface area (Å²) in [6.07, 6.45) is 19.5. The predicted molar refractivity (Wildman–Crippen MR) is 133 cm³/mol. The number of aryl methyl sites for hydroxylation is 1. The Balaban J connectivity index is 2.08. The molecular formula is C26H41N3OS. The van der Waals surface area contributed by atoms with E-state index in [4.69, 9.17) is 0 Å². The van der Waals surface area contributed by atoms with Gasteiger partial charge in [0.2, 0.25) is 0 Å². The second kappa shape index (κ2) is 13.0. The molecular weight excluding hydrogens is 402 g/mol. The number of aromatic nitrogens is 2. The summed E-state index contributed by atoms with van der Waals surface area (Å²) in [7, 11) is 0.673. The lowest BCUT2D eigenvalue weighted by Crippen LogP contribution is -2.34. The third-order valence-electron chi connectivity index (χ3n) is 6.47. The second-order valence-corrected chi connectivity index (χ2v) is 10.4. The van der Waals surface area contributed by atoms with Gasteiger partial charge in [0.05, 0.1) is 6.33 Å². The molecule has 2 rings (SSSR count). The Bertz CT molecular complexity index is 820. The summed E-state index contributed by atoms with van der Waals surface area (Å²) in [4.78, 5) is 4.37. The molecule has 1 heterocycles. The van der Waals surface area contributed by atoms with Crippen molar-refractivity contribution in [2.75, 3.05) is 13.1 Å². The van der Waals surface area contributed by atoms with E-state index in [9.17, 15) is 4.21 Å². The molecule has 0 bridgehead atoms. The molecule has 172 valence electrons. The monoisotopic (exact) mass is 443 g/mol. The average molecular weight is 444 g/mol. The molecule has 0 N–H and O–H groups in total. The maximum Gasteiger partial charge on any atom is 0.160 e. The van der Waals surface area contributed by atoms with Crippen LogP contribution in [0.15, 0.2) is 65.7 Å². The van der Waals surface area contributed by atoms with E-state index in [1.807, 2.05) is 43.0 Å². The van der Waals surface area contributed by atoms with Crippen LogP contribution in [0.3, 0.4) is 0 Å². The van der Waals surface area contributed by atoms with Crippen molar-refractivity contribution < 1.29 is 4.21 Å². The van der Waals surface area contributed by atoms with Crippen LogP contribution in [-0.4, -0.2) is 31.2 Å². The van der Waals surface area contributed by atoms with Gasteiger partial charge in [-0.1, -0.05) is 74.8 Å². The third kappa shape index (κ3) is 8.04. The number of allylic oxidation sites excluding steroid dienone is 6. The summed E-state index contributed by atoms with van der Waals surface area (Å²) < 4.78 is 17.4. The smallest absolute Gasteiger partial charge is 0.160 e. The zero-order valence-electron chi connectivity index (χ0n) is 20.1. The third-order valence-corrected chi connectivity index (χ3v) is 7.84. The van der Waals surface area contributed by atoms with Crippen molar-refractivity contribution in [2.24, 2.45) is 24.8 Å². The van der Waals surface area contributed by atoms with Crippen LogP contribution in [0.4, 0.5) is 0 Å². The second-order valence-electron chi connectivity index (χ2n) is 9.01. The van der Waals surface area contributed by atoms with Crippen LogP contribution in [0, 0.1) is 17.8 Å². The maximum atomic E-state index is 13.4. The largest absolute Gasteiger partial charge is 0.339 e. The van der Waals surface area contributed by atoms with Crippen LogP contribution >= 0.6 is 0 Å². The molecule has 1 aliphatic carbocycles. The molecule has 0 aliphatic heterocycles. The molecule has 4 atom stereocenters. The Morgan fingerprint density at radius 1 is 1.32 bits per heavy atom. The van der Waals surface area contributed by atoms with Crippen LogP contribution in [0.2, 0.25) is 0 Å². The van der Waals surface area contributed by atoms with E-state index in [1.54, 1.807) is 6.33 Å². The molecule has 3 unspecified atom stereocenters. The van der Waals surface area contributed by atoms with Crippen molar-refractivity contribution in [2.45, 2.75) is 64.8 Å². The normalized spacial score (nSPS) is 24.4. The average Bonchev–Trinajstić information content (AvgIpc) is 3.14. The molecule has 1 aliphatic rings. The van der Waals surface area contributed by atoms with Crippen LogP contribution in [0.25, 0.3) is 0 Å². The SMILES string of the molecule is C=C1C(CN(CCC/C(C)=C/C=C\C=C/C)S(=O)c2cn(C)cn2)CCCC(C)[C@@H]1C. The summed E-state index contributed by atoms with van der Waals surface area (Å²) >= 11 is 0. The summed E-state index contributed by atoms with van der Waals surface area (Å²) in [5, 5.41) is 0.643. The van der Waals surface area contributed by atoms with E-state index in [2.05, 4.69) is 48.8 Å². The standard InChI is InChI=1S/C26H41N3OS/c1-7-8-9-10-13-21(2)14-12-17-29(31(30)26-19-28(6)20-27-26)18-25-16-11-15-22(3)23(4)24(25)5/h7-10,13,19-20,22-23,25H,5,11-12,14-18H2,1-4,6H3/b8-7-,10-9-,21-13+/t22?,23-,25?,31?/m0/s1. The van der Waals surface area contributed by atoms with Crippen molar-refractivity contribution in [1.82, 2.24) is 13.9 Å². The summed E-state index contributed by atoms with van der Waals surface area (Å²) in [5.41, 5.74) is 2.67. The molecule has 1 fully saturated rings. The fourth-order valence-electron chi connectivity index (χ4n) is 4.18. The van der Waals surface area contributed by atoms with E-state index in [0.29, 0.717) is 22.8 Å². The highest BCUT2D eigenvalue weighted by molar-refractivity contribution is 7.82. The van der Waals surface area contributed by atoms with Gasteiger partial charge in [0.25, 0.3) is 0 Å². The van der Waals surface area contributed by atoms with E-state index in [-0.39, 0.29) is 0 Å². The molecule has 31 heavy (non-hydrogen) atoms. The van der Waals surface area contributed by atoms with E-state index in [1.165, 1.54) is 24.0 Å². The van der Waals surface area contributed by atoms with Crippen LogP contribution in [0.5, 0.6) is 0 Å². The number of nitrogens with zero attached hydrogens (tertiary/aromatic N) is 3. The zero-order valence-corrected chi connectivity index (χ0v) is 20.9. The van der Waals surface area contributed by atoms with Crippen molar-refractivity contribution in [3.63, 3.8) is 0 Å². The minimum absolute atomic E-state index is 0.396. The first-order valence-electron chi connectivity index (χ1n) is 11.6. The highest BCUT2D eigenvalue weighted by Gasteiger charge is 2.29. The van der Waals surface area contributed by atoms with Gasteiger partial charge in [-0.3, -0.25) is 0 Å². The van der Waals surface area contributed by atoms with Gasteiger partial charge in [0, 0.05) is 26.3 Å². The van der Waals surface area contributed by atoms with Gasteiger partial charge in [0.1, 0.15) is 11.0 Å². The summed E-state index contributed by atoms with van der Waals surface area (Å²) in [6, 6.07) is 0. The minimum Gasteiger partial charge on any atom is -0.339 e. The summed E-state index contributed by atoms with van der Waals surface area (Å²) in [6.45, 7) is 14.9. The number of hydrogen-bond acceptors (Lipinski definition) is 2.